The van der Waals surface area contributed by atoms with Crippen LogP contribution in [0.2, 0.25) is 0 Å². The highest BCUT2D eigenvalue weighted by atomic mass is 16.2. The number of amides is 1. The Morgan fingerprint density at radius 2 is 1.95 bits per heavy atom. The molecule has 0 bridgehead atoms. The molecular weight excluding hydrogens is 264 g/mol. The van der Waals surface area contributed by atoms with Crippen LogP contribution in [0.15, 0.2) is 41.3 Å². The molecule has 110 valence electrons. The molecule has 1 aromatic heterocycles. The number of anilines is 1. The molecule has 2 aromatic rings. The van der Waals surface area contributed by atoms with Crippen LogP contribution < -0.4 is 10.7 Å². The standard InChI is InChI=1S/C17H20N2O2/c1-4-11(2)13-5-7-14(8-6-13)19-17(21)15-10-18-12(3)9-16(15)20/h5-11H,4H2,1-3H3,(H,18,20)(H,19,21). The average Bonchev–Trinajstić information content (AvgIpc) is 2.47. The summed E-state index contributed by atoms with van der Waals surface area (Å²) in [6.07, 6.45) is 2.52. The predicted molar refractivity (Wildman–Crippen MR) is 84.9 cm³/mol. The SMILES string of the molecule is CCC(C)c1ccc(NC(=O)c2c[nH]c(C)cc2=O)cc1. The largest absolute Gasteiger partial charge is 0.364 e. The first-order valence-electron chi connectivity index (χ1n) is 7.12. The second-order valence-electron chi connectivity index (χ2n) is 5.28. The summed E-state index contributed by atoms with van der Waals surface area (Å²) in [5, 5.41) is 2.74. The Kier molecular flexibility index (Phi) is 4.58. The number of hydrogen-bond acceptors (Lipinski definition) is 2. The fourth-order valence-corrected chi connectivity index (χ4v) is 2.08. The highest BCUT2D eigenvalue weighted by molar-refractivity contribution is 6.03. The van der Waals surface area contributed by atoms with Crippen molar-refractivity contribution >= 4 is 11.6 Å². The van der Waals surface area contributed by atoms with Crippen molar-refractivity contribution in [3.05, 3.63) is 63.6 Å². The number of aromatic amines is 1. The normalized spacial score (nSPS) is 12.0. The molecule has 0 saturated heterocycles. The lowest BCUT2D eigenvalue weighted by Gasteiger charge is -2.10. The molecule has 0 aliphatic heterocycles. The molecule has 0 aliphatic rings. The van der Waals surface area contributed by atoms with Crippen molar-refractivity contribution in [2.45, 2.75) is 33.1 Å². The van der Waals surface area contributed by atoms with Gasteiger partial charge in [-0.1, -0.05) is 26.0 Å². The lowest BCUT2D eigenvalue weighted by molar-refractivity contribution is 0.102. The van der Waals surface area contributed by atoms with E-state index in [9.17, 15) is 9.59 Å². The van der Waals surface area contributed by atoms with E-state index in [0.717, 1.165) is 12.1 Å². The second kappa shape index (κ2) is 6.39. The monoisotopic (exact) mass is 284 g/mol. The Morgan fingerprint density at radius 1 is 1.29 bits per heavy atom. The van der Waals surface area contributed by atoms with E-state index < -0.39 is 5.91 Å². The van der Waals surface area contributed by atoms with E-state index in [-0.39, 0.29) is 11.0 Å². The highest BCUT2D eigenvalue weighted by Crippen LogP contribution is 2.20. The lowest BCUT2D eigenvalue weighted by atomic mass is 9.98. The Bertz CT molecular complexity index is 687. The van der Waals surface area contributed by atoms with E-state index >= 15 is 0 Å². The maximum atomic E-state index is 12.1. The molecular formula is C17H20N2O2. The van der Waals surface area contributed by atoms with Gasteiger partial charge in [-0.2, -0.15) is 0 Å². The number of hydrogen-bond donors (Lipinski definition) is 2. The molecule has 2 rings (SSSR count). The first kappa shape index (κ1) is 15.0. The summed E-state index contributed by atoms with van der Waals surface area (Å²) < 4.78 is 0. The number of aryl methyl sites for hydroxylation is 1. The maximum absolute atomic E-state index is 12.1. The third-order valence-corrected chi connectivity index (χ3v) is 3.65. The van der Waals surface area contributed by atoms with Crippen LogP contribution >= 0.6 is 0 Å². The van der Waals surface area contributed by atoms with Crippen LogP contribution in [0.5, 0.6) is 0 Å². The number of benzene rings is 1. The number of pyridine rings is 1. The summed E-state index contributed by atoms with van der Waals surface area (Å²) in [6, 6.07) is 9.15. The van der Waals surface area contributed by atoms with E-state index in [0.29, 0.717) is 11.6 Å². The molecule has 0 saturated carbocycles. The molecule has 1 unspecified atom stereocenters. The summed E-state index contributed by atoms with van der Waals surface area (Å²) in [5.74, 6) is 0.0993. The van der Waals surface area contributed by atoms with E-state index in [1.54, 1.807) is 6.92 Å². The number of rotatable bonds is 4. The Morgan fingerprint density at radius 3 is 2.52 bits per heavy atom. The molecule has 21 heavy (non-hydrogen) atoms. The number of H-pyrrole nitrogens is 1. The molecule has 1 heterocycles. The number of aromatic nitrogens is 1. The average molecular weight is 284 g/mol. The van der Waals surface area contributed by atoms with Gasteiger partial charge in [0.25, 0.3) is 5.91 Å². The van der Waals surface area contributed by atoms with Gasteiger partial charge in [-0.15, -0.1) is 0 Å². The van der Waals surface area contributed by atoms with Crippen LogP contribution in [0.1, 0.15) is 47.8 Å². The predicted octanol–water partition coefficient (Wildman–Crippen LogP) is 3.45. The lowest BCUT2D eigenvalue weighted by Crippen LogP contribution is -2.21. The van der Waals surface area contributed by atoms with Crippen LogP contribution in [0, 0.1) is 6.92 Å². The van der Waals surface area contributed by atoms with E-state index in [1.807, 2.05) is 24.3 Å². The quantitative estimate of drug-likeness (QED) is 0.903. The fraction of sp³-hybridized carbons (Fsp3) is 0.294. The van der Waals surface area contributed by atoms with Crippen molar-refractivity contribution in [3.8, 4) is 0 Å². The molecule has 0 aliphatic carbocycles. The Labute approximate surface area is 124 Å². The number of nitrogens with one attached hydrogen (secondary N) is 2. The summed E-state index contributed by atoms with van der Waals surface area (Å²) in [5.41, 5.74) is 2.50. The van der Waals surface area contributed by atoms with Gasteiger partial charge in [-0.05, 0) is 37.0 Å². The third-order valence-electron chi connectivity index (χ3n) is 3.65. The van der Waals surface area contributed by atoms with Crippen LogP contribution in [-0.2, 0) is 0 Å². The molecule has 0 radical (unpaired) electrons. The van der Waals surface area contributed by atoms with Gasteiger partial charge in [-0.25, -0.2) is 0 Å². The molecule has 1 aromatic carbocycles. The molecule has 4 heteroatoms. The summed E-state index contributed by atoms with van der Waals surface area (Å²) >= 11 is 0. The topological polar surface area (TPSA) is 62.0 Å². The first-order chi connectivity index (χ1) is 10.0. The molecule has 1 amide bonds. The van der Waals surface area contributed by atoms with E-state index in [2.05, 4.69) is 24.1 Å². The minimum absolute atomic E-state index is 0.117. The second-order valence-corrected chi connectivity index (χ2v) is 5.28. The van der Waals surface area contributed by atoms with Crippen LogP contribution in [0.25, 0.3) is 0 Å². The van der Waals surface area contributed by atoms with Crippen molar-refractivity contribution in [1.82, 2.24) is 4.98 Å². The van der Waals surface area contributed by atoms with Gasteiger partial charge in [0.1, 0.15) is 5.56 Å². The van der Waals surface area contributed by atoms with Crippen LogP contribution in [0.3, 0.4) is 0 Å². The summed E-state index contributed by atoms with van der Waals surface area (Å²) in [4.78, 5) is 26.7. The zero-order valence-corrected chi connectivity index (χ0v) is 12.6. The van der Waals surface area contributed by atoms with Crippen molar-refractivity contribution in [2.24, 2.45) is 0 Å². The van der Waals surface area contributed by atoms with Crippen molar-refractivity contribution in [1.29, 1.82) is 0 Å². The van der Waals surface area contributed by atoms with Gasteiger partial charge in [0.05, 0.1) is 0 Å². The number of carbonyl (C=O) groups excluding carboxylic acids is 1. The third kappa shape index (κ3) is 3.60. The van der Waals surface area contributed by atoms with Gasteiger partial charge in [0.2, 0.25) is 0 Å². The molecule has 0 spiro atoms. The highest BCUT2D eigenvalue weighted by Gasteiger charge is 2.11. The fourth-order valence-electron chi connectivity index (χ4n) is 2.08. The minimum atomic E-state index is -0.396. The summed E-state index contributed by atoms with van der Waals surface area (Å²) in [7, 11) is 0. The Balaban J connectivity index is 2.14. The van der Waals surface area contributed by atoms with Crippen molar-refractivity contribution in [2.75, 3.05) is 5.32 Å². The smallest absolute Gasteiger partial charge is 0.261 e. The van der Waals surface area contributed by atoms with E-state index in [1.165, 1.54) is 17.8 Å². The van der Waals surface area contributed by atoms with Crippen molar-refractivity contribution < 1.29 is 4.79 Å². The maximum Gasteiger partial charge on any atom is 0.261 e. The zero-order valence-electron chi connectivity index (χ0n) is 12.6. The zero-order chi connectivity index (χ0) is 15.4. The van der Waals surface area contributed by atoms with Gasteiger partial charge < -0.3 is 10.3 Å². The molecule has 4 nitrogen and oxygen atoms in total. The van der Waals surface area contributed by atoms with Crippen molar-refractivity contribution in [3.63, 3.8) is 0 Å². The van der Waals surface area contributed by atoms with Crippen LogP contribution in [0.4, 0.5) is 5.69 Å². The van der Waals surface area contributed by atoms with Gasteiger partial charge in [0, 0.05) is 23.6 Å². The van der Waals surface area contributed by atoms with E-state index in [4.69, 9.17) is 0 Å². The van der Waals surface area contributed by atoms with Gasteiger partial charge >= 0.3 is 0 Å². The summed E-state index contributed by atoms with van der Waals surface area (Å²) in [6.45, 7) is 6.08. The first-order valence-corrected chi connectivity index (χ1v) is 7.12. The number of carbonyl (C=O) groups is 1. The molecule has 1 atom stereocenters. The minimum Gasteiger partial charge on any atom is -0.364 e. The molecule has 2 N–H and O–H groups in total. The van der Waals surface area contributed by atoms with Gasteiger partial charge in [-0.3, -0.25) is 9.59 Å². The van der Waals surface area contributed by atoms with Gasteiger partial charge in [0.15, 0.2) is 5.43 Å². The van der Waals surface area contributed by atoms with Crippen LogP contribution in [-0.4, -0.2) is 10.9 Å². The molecule has 0 fully saturated rings. The Hall–Kier alpha value is -2.36.